The van der Waals surface area contributed by atoms with Crippen LogP contribution in [0.3, 0.4) is 0 Å². The summed E-state index contributed by atoms with van der Waals surface area (Å²) in [4.78, 5) is 36.5. The molecular formula is C27H34ClN5O4. The number of rotatable bonds is 8. The molecule has 1 aromatic heterocycles. The summed E-state index contributed by atoms with van der Waals surface area (Å²) in [7, 11) is 0. The molecule has 2 amide bonds. The van der Waals surface area contributed by atoms with Gasteiger partial charge in [0.2, 0.25) is 11.9 Å². The first-order valence-corrected chi connectivity index (χ1v) is 13.6. The number of ether oxygens (including phenoxy) is 1. The molecule has 37 heavy (non-hydrogen) atoms. The number of aromatic nitrogens is 2. The number of carbonyl (C=O) groups excluding carboxylic acids is 2. The summed E-state index contributed by atoms with van der Waals surface area (Å²) < 4.78 is 5.41. The molecule has 3 aliphatic rings. The third-order valence-corrected chi connectivity index (χ3v) is 7.93. The Hall–Kier alpha value is -2.75. The van der Waals surface area contributed by atoms with E-state index in [0.29, 0.717) is 47.9 Å². The van der Waals surface area contributed by atoms with Gasteiger partial charge in [0.1, 0.15) is 6.54 Å². The maximum absolute atomic E-state index is 13.2. The molecule has 2 aromatic rings. The Kier molecular flexibility index (Phi) is 8.22. The molecule has 10 heteroatoms. The zero-order chi connectivity index (χ0) is 25.8. The number of fused-ring (bicyclic) bond motifs is 1. The number of benzene rings is 1. The van der Waals surface area contributed by atoms with E-state index in [9.17, 15) is 14.7 Å². The van der Waals surface area contributed by atoms with Gasteiger partial charge in [-0.1, -0.05) is 43.0 Å². The number of aliphatic hydroxyl groups is 1. The molecule has 1 saturated heterocycles. The minimum atomic E-state index is -0.261. The van der Waals surface area contributed by atoms with Crippen molar-refractivity contribution in [2.45, 2.75) is 63.6 Å². The molecule has 0 bridgehead atoms. The number of aliphatic hydroxyl groups excluding tert-OH is 1. The zero-order valence-electron chi connectivity index (χ0n) is 20.9. The van der Waals surface area contributed by atoms with E-state index in [-0.39, 0.29) is 37.0 Å². The van der Waals surface area contributed by atoms with E-state index in [1.54, 1.807) is 17.2 Å². The van der Waals surface area contributed by atoms with Crippen LogP contribution < -0.4 is 10.6 Å². The summed E-state index contributed by atoms with van der Waals surface area (Å²) in [5.41, 5.74) is 2.68. The van der Waals surface area contributed by atoms with E-state index in [2.05, 4.69) is 20.6 Å². The number of nitrogens with one attached hydrogen (secondary N) is 2. The van der Waals surface area contributed by atoms with E-state index < -0.39 is 0 Å². The first-order chi connectivity index (χ1) is 18.0. The Morgan fingerprint density at radius 1 is 1.19 bits per heavy atom. The second-order valence-electron chi connectivity index (χ2n) is 10.2. The van der Waals surface area contributed by atoms with Crippen molar-refractivity contribution in [2.75, 3.05) is 31.7 Å². The molecule has 1 atom stereocenters. The smallest absolute Gasteiger partial charge is 0.254 e. The van der Waals surface area contributed by atoms with Crippen LogP contribution in [0, 0.1) is 5.92 Å². The van der Waals surface area contributed by atoms with Crippen LogP contribution in [0.4, 0.5) is 5.95 Å². The predicted octanol–water partition coefficient (Wildman–Crippen LogP) is 3.40. The molecule has 2 fully saturated rings. The van der Waals surface area contributed by atoms with Gasteiger partial charge in [-0.3, -0.25) is 9.59 Å². The lowest BCUT2D eigenvalue weighted by Gasteiger charge is -2.30. The van der Waals surface area contributed by atoms with Crippen LogP contribution in [0.5, 0.6) is 0 Å². The number of hydrogen-bond acceptors (Lipinski definition) is 7. The molecule has 2 aliphatic heterocycles. The van der Waals surface area contributed by atoms with Gasteiger partial charge in [-0.2, -0.15) is 0 Å². The molecule has 1 aliphatic carbocycles. The van der Waals surface area contributed by atoms with E-state index in [0.717, 1.165) is 49.7 Å². The van der Waals surface area contributed by atoms with Gasteiger partial charge >= 0.3 is 0 Å². The molecule has 0 unspecified atom stereocenters. The highest BCUT2D eigenvalue weighted by atomic mass is 35.5. The Morgan fingerprint density at radius 2 is 1.97 bits per heavy atom. The van der Waals surface area contributed by atoms with Crippen molar-refractivity contribution in [1.29, 1.82) is 0 Å². The molecule has 5 rings (SSSR count). The zero-order valence-corrected chi connectivity index (χ0v) is 21.7. The predicted molar refractivity (Wildman–Crippen MR) is 140 cm³/mol. The molecule has 3 heterocycles. The Bertz CT molecular complexity index is 1130. The normalized spacial score (nSPS) is 19.5. The second kappa shape index (κ2) is 11.8. The SMILES string of the molecule is O=C(CN1Cc2ccc(-c3nc(NC4CCOCC4)ncc3Cl)cc2C1=O)N[C@H](CO)C1CCCCC1. The van der Waals surface area contributed by atoms with Gasteiger partial charge in [0.25, 0.3) is 5.91 Å². The van der Waals surface area contributed by atoms with Crippen LogP contribution in [0.2, 0.25) is 5.02 Å². The third-order valence-electron chi connectivity index (χ3n) is 7.66. The van der Waals surface area contributed by atoms with Crippen molar-refractivity contribution in [2.24, 2.45) is 5.92 Å². The molecule has 9 nitrogen and oxygen atoms in total. The number of amides is 2. The summed E-state index contributed by atoms with van der Waals surface area (Å²) in [6.07, 6.45) is 8.84. The lowest BCUT2D eigenvalue weighted by atomic mass is 9.84. The van der Waals surface area contributed by atoms with E-state index in [4.69, 9.17) is 16.3 Å². The second-order valence-corrected chi connectivity index (χ2v) is 10.6. The Labute approximate surface area is 222 Å². The van der Waals surface area contributed by atoms with Crippen LogP contribution >= 0.6 is 11.6 Å². The number of hydrogen-bond donors (Lipinski definition) is 3. The fraction of sp³-hybridized carbons (Fsp3) is 0.556. The van der Waals surface area contributed by atoms with Gasteiger partial charge in [-0.15, -0.1) is 0 Å². The van der Waals surface area contributed by atoms with Gasteiger partial charge in [-0.25, -0.2) is 9.97 Å². The number of anilines is 1. The molecule has 3 N–H and O–H groups in total. The van der Waals surface area contributed by atoms with Crippen LogP contribution in [0.15, 0.2) is 24.4 Å². The first-order valence-electron chi connectivity index (χ1n) is 13.2. The lowest BCUT2D eigenvalue weighted by molar-refractivity contribution is -0.123. The summed E-state index contributed by atoms with van der Waals surface area (Å²) in [6.45, 7) is 1.66. The quantitative estimate of drug-likeness (QED) is 0.481. The molecule has 0 radical (unpaired) electrons. The van der Waals surface area contributed by atoms with E-state index >= 15 is 0 Å². The highest BCUT2D eigenvalue weighted by molar-refractivity contribution is 6.33. The largest absolute Gasteiger partial charge is 0.394 e. The van der Waals surface area contributed by atoms with Crippen molar-refractivity contribution in [3.63, 3.8) is 0 Å². The number of nitrogens with zero attached hydrogens (tertiary/aromatic N) is 3. The number of carbonyl (C=O) groups is 2. The molecule has 198 valence electrons. The number of halogens is 1. The third kappa shape index (κ3) is 6.05. The monoisotopic (exact) mass is 527 g/mol. The summed E-state index contributed by atoms with van der Waals surface area (Å²) in [5.74, 6) is 0.345. The van der Waals surface area contributed by atoms with E-state index in [1.165, 1.54) is 6.42 Å². The van der Waals surface area contributed by atoms with Crippen LogP contribution in [0.1, 0.15) is 60.9 Å². The maximum Gasteiger partial charge on any atom is 0.254 e. The van der Waals surface area contributed by atoms with Crippen LogP contribution in [0.25, 0.3) is 11.3 Å². The van der Waals surface area contributed by atoms with Crippen LogP contribution in [-0.4, -0.2) is 70.2 Å². The highest BCUT2D eigenvalue weighted by Crippen LogP contribution is 2.32. The first kappa shape index (κ1) is 25.9. The molecular weight excluding hydrogens is 494 g/mol. The van der Waals surface area contributed by atoms with Crippen molar-refractivity contribution in [3.05, 3.63) is 40.5 Å². The standard InChI is InChI=1S/C27H34ClN5O4/c28-22-13-29-27(30-20-8-10-37-11-9-20)32-25(22)18-6-7-19-14-33(26(36)21(19)12-18)15-24(35)31-23(16-34)17-4-2-1-3-5-17/h6-7,12-13,17,20,23,34H,1-5,8-11,14-16H2,(H,31,35)(H,29,30,32)/t23-/m1/s1. The fourth-order valence-electron chi connectivity index (χ4n) is 5.57. The highest BCUT2D eigenvalue weighted by Gasteiger charge is 2.31. The van der Waals surface area contributed by atoms with Crippen LogP contribution in [-0.2, 0) is 16.1 Å². The van der Waals surface area contributed by atoms with Gasteiger partial charge in [0, 0.05) is 36.9 Å². The molecule has 1 aromatic carbocycles. The molecule has 1 saturated carbocycles. The van der Waals surface area contributed by atoms with E-state index in [1.807, 2.05) is 12.1 Å². The summed E-state index contributed by atoms with van der Waals surface area (Å²) in [6, 6.07) is 5.56. The van der Waals surface area contributed by atoms with Gasteiger partial charge in [-0.05, 0) is 43.2 Å². The van der Waals surface area contributed by atoms with Crippen molar-refractivity contribution in [3.8, 4) is 11.3 Å². The van der Waals surface area contributed by atoms with Crippen molar-refractivity contribution < 1.29 is 19.4 Å². The maximum atomic E-state index is 13.2. The summed E-state index contributed by atoms with van der Waals surface area (Å²) >= 11 is 6.44. The van der Waals surface area contributed by atoms with Crippen molar-refractivity contribution in [1.82, 2.24) is 20.2 Å². The average Bonchev–Trinajstić information content (AvgIpc) is 3.23. The average molecular weight is 528 g/mol. The van der Waals surface area contributed by atoms with Gasteiger partial charge in [0.15, 0.2) is 0 Å². The topological polar surface area (TPSA) is 117 Å². The minimum absolute atomic E-state index is 0.0422. The van der Waals surface area contributed by atoms with Crippen molar-refractivity contribution >= 4 is 29.4 Å². The van der Waals surface area contributed by atoms with Gasteiger partial charge < -0.3 is 25.4 Å². The Morgan fingerprint density at radius 3 is 2.73 bits per heavy atom. The summed E-state index contributed by atoms with van der Waals surface area (Å²) in [5, 5.41) is 16.5. The van der Waals surface area contributed by atoms with Gasteiger partial charge in [0.05, 0.1) is 29.6 Å². The fourth-order valence-corrected chi connectivity index (χ4v) is 5.77. The Balaban J connectivity index is 1.25. The lowest BCUT2D eigenvalue weighted by Crippen LogP contribution is -2.47. The molecule has 0 spiro atoms. The minimum Gasteiger partial charge on any atom is -0.394 e.